The topological polar surface area (TPSA) is 324 Å². The first-order valence-corrected chi connectivity index (χ1v) is 19.4. The van der Waals surface area contributed by atoms with Gasteiger partial charge in [-0.15, -0.1) is 0 Å². The number of hydrogen-bond acceptors (Lipinski definition) is 15. The normalized spacial score (nSPS) is 21.0. The number of hydrogen-bond donors (Lipinski definition) is 10. The molecule has 2 aliphatic rings. The Balaban J connectivity index is 1.10. The van der Waals surface area contributed by atoms with Crippen molar-refractivity contribution in [2.45, 2.75) is 81.4 Å². The number of nitriles is 1. The molecule has 21 heteroatoms. The number of amides is 3. The van der Waals surface area contributed by atoms with Crippen molar-refractivity contribution >= 4 is 46.9 Å². The summed E-state index contributed by atoms with van der Waals surface area (Å²) in [6.07, 6.45) is -2.56. The van der Waals surface area contributed by atoms with Crippen LogP contribution < -0.4 is 31.7 Å². The smallest absolute Gasteiger partial charge is 0.411 e. The summed E-state index contributed by atoms with van der Waals surface area (Å²) in [4.78, 5) is 60.3. The van der Waals surface area contributed by atoms with Crippen molar-refractivity contribution in [1.29, 1.82) is 5.26 Å². The summed E-state index contributed by atoms with van der Waals surface area (Å²) in [5.41, 5.74) is 6.23. The highest BCUT2D eigenvalue weighted by Crippen LogP contribution is 2.32. The molecule has 0 unspecified atom stereocenters. The van der Waals surface area contributed by atoms with Gasteiger partial charge in [0.05, 0.1) is 23.2 Å². The monoisotopic (exact) mass is 847 g/mol. The quantitative estimate of drug-likeness (QED) is 0.0317. The van der Waals surface area contributed by atoms with E-state index in [1.807, 2.05) is 6.19 Å². The first-order valence-electron chi connectivity index (χ1n) is 19.4. The number of benzene rings is 2. The molecule has 61 heavy (non-hydrogen) atoms. The fraction of sp³-hybridized carbons (Fsp3) is 0.425. The molecular formula is C40H49N9O12. The van der Waals surface area contributed by atoms with E-state index in [1.54, 1.807) is 47.6 Å². The molecule has 3 amide bonds. The molecule has 2 saturated heterocycles. The SMILES string of the molecule is N#CNC(=NCCCCC1(O)CCN(C(=O)c2cccc(NC(=O)OCc3ccc(O[C@@H]4O[C@H](C(=O)O)[C@@H](O)[C@H](O)[C@H]4O)c(NC(=O)CCN)c3)c2)CC1)Nc1cccnc1. The lowest BCUT2D eigenvalue weighted by Gasteiger charge is -2.38. The zero-order valence-corrected chi connectivity index (χ0v) is 33.0. The van der Waals surface area contributed by atoms with E-state index in [2.05, 4.69) is 31.2 Å². The van der Waals surface area contributed by atoms with E-state index in [-0.39, 0.29) is 42.6 Å². The van der Waals surface area contributed by atoms with Crippen molar-refractivity contribution < 1.29 is 58.9 Å². The van der Waals surface area contributed by atoms with Gasteiger partial charge in [0.15, 0.2) is 12.3 Å². The van der Waals surface area contributed by atoms with Gasteiger partial charge in [-0.2, -0.15) is 5.26 Å². The number of carboxylic acid groups (broad SMARTS) is 1. The molecule has 3 heterocycles. The van der Waals surface area contributed by atoms with E-state index in [4.69, 9.17) is 25.2 Å². The Morgan fingerprint density at radius 2 is 1.75 bits per heavy atom. The lowest BCUT2D eigenvalue weighted by molar-refractivity contribution is -0.271. The number of aliphatic hydroxyl groups excluding tert-OH is 3. The van der Waals surface area contributed by atoms with Gasteiger partial charge in [-0.25, -0.2) is 9.59 Å². The van der Waals surface area contributed by atoms with Gasteiger partial charge in [-0.3, -0.25) is 30.2 Å². The number of nitrogens with two attached hydrogens (primary N) is 1. The molecule has 2 aliphatic heterocycles. The Bertz CT molecular complexity index is 2060. The number of pyridine rings is 1. The number of anilines is 3. The number of piperidine rings is 1. The van der Waals surface area contributed by atoms with Gasteiger partial charge in [-0.1, -0.05) is 12.1 Å². The minimum absolute atomic E-state index is 0.0183. The third-order valence-corrected chi connectivity index (χ3v) is 9.87. The summed E-state index contributed by atoms with van der Waals surface area (Å²) in [7, 11) is 0. The standard InChI is InChI=1S/C40H49N9O12/c41-14-10-30(50)48-28-19-24(8-9-29(28)60-37-33(53)31(51)32(52)34(61-37)36(55)56)22-59-39(57)47-26-6-3-5-25(20-26)35(54)49-17-12-40(58,13-18-49)11-1-2-16-44-38(45-23-42)46-27-7-4-15-43-21-27/h3-9,15,19-21,31-34,37,51-53,58H,1-2,10-14,16-18,22,41H2,(H,47,57)(H,48,50)(H,55,56)(H2,44,45,46)/t31-,32-,33+,34-,37+/m0/s1. The van der Waals surface area contributed by atoms with Crippen LogP contribution >= 0.6 is 0 Å². The maximum atomic E-state index is 13.4. The van der Waals surface area contributed by atoms with Gasteiger partial charge in [0.1, 0.15) is 30.7 Å². The molecule has 5 atom stereocenters. The average molecular weight is 848 g/mol. The lowest BCUT2D eigenvalue weighted by atomic mass is 9.86. The summed E-state index contributed by atoms with van der Waals surface area (Å²) in [6.45, 7) is 0.811. The number of carbonyl (C=O) groups is 4. The number of ether oxygens (including phenoxy) is 3. The molecule has 0 radical (unpaired) electrons. The Labute approximate surface area is 350 Å². The summed E-state index contributed by atoms with van der Waals surface area (Å²) < 4.78 is 16.2. The number of nitrogens with zero attached hydrogens (tertiary/aromatic N) is 4. The fourth-order valence-electron chi connectivity index (χ4n) is 6.57. The number of nitrogens with one attached hydrogen (secondary N) is 4. The van der Waals surface area contributed by atoms with Crippen LogP contribution in [-0.2, 0) is 25.7 Å². The second kappa shape index (κ2) is 21.7. The maximum Gasteiger partial charge on any atom is 0.411 e. The Morgan fingerprint density at radius 3 is 2.46 bits per heavy atom. The average Bonchev–Trinajstić information content (AvgIpc) is 3.24. The van der Waals surface area contributed by atoms with Gasteiger partial charge in [-0.05, 0) is 80.1 Å². The van der Waals surface area contributed by atoms with Gasteiger partial charge in [0, 0.05) is 50.0 Å². The molecule has 0 aliphatic carbocycles. The number of aliphatic hydroxyl groups is 4. The second-order valence-corrected chi connectivity index (χ2v) is 14.4. The number of rotatable bonds is 16. The second-order valence-electron chi connectivity index (χ2n) is 14.4. The van der Waals surface area contributed by atoms with Crippen LogP contribution in [0.25, 0.3) is 0 Å². The molecule has 2 fully saturated rings. The highest BCUT2D eigenvalue weighted by molar-refractivity contribution is 5.96. The van der Waals surface area contributed by atoms with E-state index >= 15 is 0 Å². The van der Waals surface area contributed by atoms with E-state index in [0.29, 0.717) is 74.5 Å². The summed E-state index contributed by atoms with van der Waals surface area (Å²) in [5.74, 6) is -2.19. The predicted molar refractivity (Wildman–Crippen MR) is 217 cm³/mol. The van der Waals surface area contributed by atoms with Gasteiger partial charge in [0.2, 0.25) is 18.2 Å². The number of likely N-dealkylation sites (tertiary alicyclic amines) is 1. The third kappa shape index (κ3) is 13.0. The maximum absolute atomic E-state index is 13.4. The van der Waals surface area contributed by atoms with Gasteiger partial charge >= 0.3 is 12.1 Å². The largest absolute Gasteiger partial charge is 0.479 e. The Hall–Kier alpha value is -6.41. The molecule has 21 nitrogen and oxygen atoms in total. The highest BCUT2D eigenvalue weighted by Gasteiger charge is 2.48. The predicted octanol–water partition coefficient (Wildman–Crippen LogP) is 1.06. The van der Waals surface area contributed by atoms with Gasteiger partial charge in [0.25, 0.3) is 5.91 Å². The molecule has 1 aromatic heterocycles. The fourth-order valence-corrected chi connectivity index (χ4v) is 6.57. The van der Waals surface area contributed by atoms with Crippen LogP contribution in [0.3, 0.4) is 0 Å². The first kappa shape index (κ1) is 45.7. The summed E-state index contributed by atoms with van der Waals surface area (Å²) in [6, 6.07) is 14.1. The number of aliphatic imine (C=N–C) groups is 1. The van der Waals surface area contributed by atoms with E-state index in [9.17, 15) is 44.7 Å². The van der Waals surface area contributed by atoms with E-state index < -0.39 is 54.3 Å². The number of aliphatic carboxylic acids is 1. The number of carboxylic acids is 1. The minimum atomic E-state index is -1.94. The van der Waals surface area contributed by atoms with Crippen molar-refractivity contribution in [3.05, 3.63) is 78.1 Å². The van der Waals surface area contributed by atoms with Crippen LogP contribution in [0.4, 0.5) is 21.9 Å². The molecule has 2 aromatic carbocycles. The minimum Gasteiger partial charge on any atom is -0.479 e. The molecule has 0 saturated carbocycles. The van der Waals surface area contributed by atoms with Crippen molar-refractivity contribution in [2.24, 2.45) is 10.7 Å². The van der Waals surface area contributed by atoms with Crippen molar-refractivity contribution in [3.8, 4) is 11.9 Å². The zero-order chi connectivity index (χ0) is 43.9. The van der Waals surface area contributed by atoms with Crippen LogP contribution in [0.5, 0.6) is 5.75 Å². The molecule has 5 rings (SSSR count). The Kier molecular flexibility index (Phi) is 16.3. The summed E-state index contributed by atoms with van der Waals surface area (Å²) >= 11 is 0. The van der Waals surface area contributed by atoms with Crippen LogP contribution in [-0.4, -0.2) is 128 Å². The molecule has 0 spiro atoms. The van der Waals surface area contributed by atoms with Crippen molar-refractivity contribution in [3.63, 3.8) is 0 Å². The molecular weight excluding hydrogens is 798 g/mol. The molecule has 3 aromatic rings. The van der Waals surface area contributed by atoms with Crippen LogP contribution in [0.2, 0.25) is 0 Å². The number of carbonyl (C=O) groups excluding carboxylic acids is 3. The third-order valence-electron chi connectivity index (χ3n) is 9.87. The molecule has 0 bridgehead atoms. The van der Waals surface area contributed by atoms with E-state index in [1.165, 1.54) is 24.3 Å². The van der Waals surface area contributed by atoms with Crippen molar-refractivity contribution in [2.75, 3.05) is 42.1 Å². The van der Waals surface area contributed by atoms with Crippen LogP contribution in [0.1, 0.15) is 54.4 Å². The van der Waals surface area contributed by atoms with Crippen molar-refractivity contribution in [1.82, 2.24) is 15.2 Å². The van der Waals surface area contributed by atoms with Crippen LogP contribution in [0.15, 0.2) is 72.0 Å². The number of unbranched alkanes of at least 4 members (excludes halogenated alkanes) is 1. The number of guanidine groups is 1. The first-order chi connectivity index (χ1) is 29.3. The zero-order valence-electron chi connectivity index (χ0n) is 33.0. The molecule has 326 valence electrons. The number of aromatic nitrogens is 1. The summed E-state index contributed by atoms with van der Waals surface area (Å²) in [5, 5.41) is 70.9. The van der Waals surface area contributed by atoms with Crippen LogP contribution in [0, 0.1) is 11.5 Å². The lowest BCUT2D eigenvalue weighted by Crippen LogP contribution is -2.61. The Morgan fingerprint density at radius 1 is 0.984 bits per heavy atom. The van der Waals surface area contributed by atoms with E-state index in [0.717, 1.165) is 0 Å². The molecule has 11 N–H and O–H groups in total. The van der Waals surface area contributed by atoms with Gasteiger partial charge < -0.3 is 61.0 Å². The highest BCUT2D eigenvalue weighted by atomic mass is 16.7.